The van der Waals surface area contributed by atoms with Gasteiger partial charge in [-0.3, -0.25) is 0 Å². The Kier molecular flexibility index (Phi) is 6.12. The topological polar surface area (TPSA) is 34.2 Å². The molecule has 0 saturated heterocycles. The second kappa shape index (κ2) is 7.85. The highest BCUT2D eigenvalue weighted by Gasteiger charge is 2.08. The molecule has 0 radical (unpaired) electrons. The van der Waals surface area contributed by atoms with E-state index >= 15 is 0 Å². The zero-order valence-electron chi connectivity index (χ0n) is 11.5. The van der Waals surface area contributed by atoms with E-state index in [2.05, 4.69) is 17.2 Å². The number of hydrogen-bond acceptors (Lipinski definition) is 3. The monoisotopic (exact) mass is 344 g/mol. The molecule has 2 aromatic rings. The zero-order chi connectivity index (χ0) is 15.2. The first-order chi connectivity index (χ1) is 10.1. The van der Waals surface area contributed by atoms with E-state index in [1.165, 1.54) is 0 Å². The standard InChI is InChI=1S/C15H15Cl3N2O/c1-2-5-19-8-10-6-14(18)15(20-9-10)21-11-3-4-12(16)13(17)7-11/h3-4,6-7,9,19H,2,5,8H2,1H3. The van der Waals surface area contributed by atoms with E-state index in [0.717, 1.165) is 25.1 Å². The van der Waals surface area contributed by atoms with E-state index in [-0.39, 0.29) is 0 Å². The average Bonchev–Trinajstić information content (AvgIpc) is 2.46. The molecule has 1 aromatic heterocycles. The summed E-state index contributed by atoms with van der Waals surface area (Å²) in [6.07, 6.45) is 2.82. The van der Waals surface area contributed by atoms with Gasteiger partial charge in [0.15, 0.2) is 0 Å². The third-order valence-electron chi connectivity index (χ3n) is 2.73. The fraction of sp³-hybridized carbons (Fsp3) is 0.267. The van der Waals surface area contributed by atoms with Gasteiger partial charge in [-0.05, 0) is 36.7 Å². The van der Waals surface area contributed by atoms with Crippen LogP contribution < -0.4 is 10.1 Å². The molecule has 0 aliphatic rings. The normalized spacial score (nSPS) is 10.7. The van der Waals surface area contributed by atoms with E-state index in [0.29, 0.717) is 26.7 Å². The number of nitrogens with zero attached hydrogens (tertiary/aromatic N) is 1. The molecular formula is C15H15Cl3N2O. The summed E-state index contributed by atoms with van der Waals surface area (Å²) in [7, 11) is 0. The first kappa shape index (κ1) is 16.4. The molecule has 0 bridgehead atoms. The minimum Gasteiger partial charge on any atom is -0.437 e. The third-order valence-corrected chi connectivity index (χ3v) is 3.74. The number of ether oxygens (including phenoxy) is 1. The van der Waals surface area contributed by atoms with Gasteiger partial charge in [-0.15, -0.1) is 0 Å². The summed E-state index contributed by atoms with van der Waals surface area (Å²) in [5.41, 5.74) is 1.01. The third kappa shape index (κ3) is 4.75. The number of rotatable bonds is 6. The molecular weight excluding hydrogens is 331 g/mol. The van der Waals surface area contributed by atoms with E-state index in [1.807, 2.05) is 6.07 Å². The van der Waals surface area contributed by atoms with Crippen LogP contribution in [0.2, 0.25) is 15.1 Å². The Morgan fingerprint density at radius 1 is 1.10 bits per heavy atom. The van der Waals surface area contributed by atoms with Gasteiger partial charge in [0.25, 0.3) is 0 Å². The van der Waals surface area contributed by atoms with Gasteiger partial charge in [0.1, 0.15) is 10.8 Å². The zero-order valence-corrected chi connectivity index (χ0v) is 13.8. The minimum atomic E-state index is 0.342. The van der Waals surface area contributed by atoms with Crippen molar-refractivity contribution in [2.45, 2.75) is 19.9 Å². The van der Waals surface area contributed by atoms with Crippen LogP contribution in [0.5, 0.6) is 11.6 Å². The molecule has 0 amide bonds. The van der Waals surface area contributed by atoms with Crippen LogP contribution in [0.15, 0.2) is 30.5 Å². The Hall–Kier alpha value is -1.000. The number of aromatic nitrogens is 1. The van der Waals surface area contributed by atoms with Crippen LogP contribution in [0.1, 0.15) is 18.9 Å². The summed E-state index contributed by atoms with van der Waals surface area (Å²) in [4.78, 5) is 4.23. The Morgan fingerprint density at radius 3 is 2.57 bits per heavy atom. The lowest BCUT2D eigenvalue weighted by molar-refractivity contribution is 0.462. The van der Waals surface area contributed by atoms with Crippen LogP contribution in [-0.4, -0.2) is 11.5 Å². The number of hydrogen-bond donors (Lipinski definition) is 1. The molecule has 0 aliphatic heterocycles. The van der Waals surface area contributed by atoms with Crippen molar-refractivity contribution in [2.75, 3.05) is 6.54 Å². The molecule has 0 unspecified atom stereocenters. The van der Waals surface area contributed by atoms with Crippen molar-refractivity contribution in [1.82, 2.24) is 10.3 Å². The Balaban J connectivity index is 2.08. The van der Waals surface area contributed by atoms with E-state index < -0.39 is 0 Å². The van der Waals surface area contributed by atoms with Crippen molar-refractivity contribution in [3.05, 3.63) is 51.1 Å². The van der Waals surface area contributed by atoms with Crippen LogP contribution in [0.4, 0.5) is 0 Å². The van der Waals surface area contributed by atoms with E-state index in [4.69, 9.17) is 39.5 Å². The molecule has 6 heteroatoms. The molecule has 1 heterocycles. The highest BCUT2D eigenvalue weighted by atomic mass is 35.5. The summed E-state index contributed by atoms with van der Waals surface area (Å²) < 4.78 is 5.62. The highest BCUT2D eigenvalue weighted by molar-refractivity contribution is 6.42. The van der Waals surface area contributed by atoms with Crippen molar-refractivity contribution in [3.8, 4) is 11.6 Å². The maximum atomic E-state index is 6.19. The lowest BCUT2D eigenvalue weighted by atomic mass is 10.3. The fourth-order valence-corrected chi connectivity index (χ4v) is 2.21. The van der Waals surface area contributed by atoms with Crippen LogP contribution in [0.3, 0.4) is 0 Å². The predicted octanol–water partition coefficient (Wildman–Crippen LogP) is 5.33. The second-order valence-corrected chi connectivity index (χ2v) is 5.71. The van der Waals surface area contributed by atoms with Gasteiger partial charge in [0, 0.05) is 18.8 Å². The number of benzene rings is 1. The second-order valence-electron chi connectivity index (χ2n) is 4.49. The summed E-state index contributed by atoms with van der Waals surface area (Å²) in [5, 5.41) is 4.64. The molecule has 0 saturated carbocycles. The molecule has 1 aromatic carbocycles. The summed E-state index contributed by atoms with van der Waals surface area (Å²) >= 11 is 18.0. The lowest BCUT2D eigenvalue weighted by Crippen LogP contribution is -2.13. The van der Waals surface area contributed by atoms with Gasteiger partial charge in [-0.2, -0.15) is 0 Å². The Labute approximate surface area is 139 Å². The average molecular weight is 346 g/mol. The molecule has 112 valence electrons. The van der Waals surface area contributed by atoms with Crippen LogP contribution in [-0.2, 0) is 6.54 Å². The SMILES string of the molecule is CCCNCc1cnc(Oc2ccc(Cl)c(Cl)c2)c(Cl)c1. The highest BCUT2D eigenvalue weighted by Crippen LogP contribution is 2.31. The predicted molar refractivity (Wildman–Crippen MR) is 87.8 cm³/mol. The van der Waals surface area contributed by atoms with Crippen molar-refractivity contribution in [3.63, 3.8) is 0 Å². The first-order valence-electron chi connectivity index (χ1n) is 6.58. The summed E-state index contributed by atoms with van der Waals surface area (Å²) in [6.45, 7) is 3.80. The van der Waals surface area contributed by atoms with Gasteiger partial charge in [-0.25, -0.2) is 4.98 Å². The van der Waals surface area contributed by atoms with Crippen molar-refractivity contribution < 1.29 is 4.74 Å². The molecule has 3 nitrogen and oxygen atoms in total. The Bertz CT molecular complexity index is 620. The molecule has 0 atom stereocenters. The molecule has 0 spiro atoms. The van der Waals surface area contributed by atoms with Gasteiger partial charge in [0.05, 0.1) is 10.0 Å². The lowest BCUT2D eigenvalue weighted by Gasteiger charge is -2.09. The minimum absolute atomic E-state index is 0.342. The quantitative estimate of drug-likeness (QED) is 0.718. The van der Waals surface area contributed by atoms with Crippen LogP contribution in [0.25, 0.3) is 0 Å². The van der Waals surface area contributed by atoms with Crippen molar-refractivity contribution in [1.29, 1.82) is 0 Å². The number of halogens is 3. The number of pyridine rings is 1. The number of nitrogens with one attached hydrogen (secondary N) is 1. The van der Waals surface area contributed by atoms with Gasteiger partial charge >= 0.3 is 0 Å². The molecule has 1 N–H and O–H groups in total. The van der Waals surface area contributed by atoms with Crippen molar-refractivity contribution in [2.24, 2.45) is 0 Å². The van der Waals surface area contributed by atoms with Gasteiger partial charge < -0.3 is 10.1 Å². The smallest absolute Gasteiger partial charge is 0.238 e. The van der Waals surface area contributed by atoms with E-state index in [1.54, 1.807) is 24.4 Å². The Morgan fingerprint density at radius 2 is 1.90 bits per heavy atom. The van der Waals surface area contributed by atoms with Gasteiger partial charge in [0.2, 0.25) is 5.88 Å². The first-order valence-corrected chi connectivity index (χ1v) is 7.71. The summed E-state index contributed by atoms with van der Waals surface area (Å²) in [6, 6.07) is 6.84. The molecule has 21 heavy (non-hydrogen) atoms. The molecule has 2 rings (SSSR count). The largest absolute Gasteiger partial charge is 0.437 e. The van der Waals surface area contributed by atoms with Crippen LogP contribution in [0, 0.1) is 0 Å². The fourth-order valence-electron chi connectivity index (χ4n) is 1.70. The maximum absolute atomic E-state index is 6.19. The molecule has 0 fully saturated rings. The maximum Gasteiger partial charge on any atom is 0.238 e. The molecule has 0 aliphatic carbocycles. The van der Waals surface area contributed by atoms with E-state index in [9.17, 15) is 0 Å². The summed E-state index contributed by atoms with van der Waals surface area (Å²) in [5.74, 6) is 0.880. The van der Waals surface area contributed by atoms with Gasteiger partial charge in [-0.1, -0.05) is 41.7 Å². The van der Waals surface area contributed by atoms with Crippen LogP contribution >= 0.6 is 34.8 Å². The van der Waals surface area contributed by atoms with Crippen molar-refractivity contribution >= 4 is 34.8 Å².